The lowest BCUT2D eigenvalue weighted by Gasteiger charge is -2.22. The van der Waals surface area contributed by atoms with Gasteiger partial charge < -0.3 is 16.4 Å². The Kier molecular flexibility index (Phi) is 5.33. The normalized spacial score (nSPS) is 17.0. The number of nitrogens with one attached hydrogen (secondary N) is 2. The number of carbonyl (C=O) groups excluding carboxylic acids is 2. The molecular weight excluding hydrogens is 266 g/mol. The van der Waals surface area contributed by atoms with Crippen LogP contribution in [0.5, 0.6) is 0 Å². The molecule has 0 radical (unpaired) electrons. The molecule has 0 heterocycles. The Morgan fingerprint density at radius 1 is 1.14 bits per heavy atom. The number of anilines is 1. The Morgan fingerprint density at radius 2 is 1.76 bits per heavy atom. The molecule has 21 heavy (non-hydrogen) atoms. The van der Waals surface area contributed by atoms with Crippen molar-refractivity contribution in [1.29, 1.82) is 0 Å². The molecule has 5 nitrogen and oxygen atoms in total. The van der Waals surface area contributed by atoms with Crippen LogP contribution in [0, 0.1) is 0 Å². The summed E-state index contributed by atoms with van der Waals surface area (Å²) in [5.41, 5.74) is 6.75. The van der Waals surface area contributed by atoms with Crippen LogP contribution in [-0.2, 0) is 4.79 Å². The van der Waals surface area contributed by atoms with Gasteiger partial charge in [0.2, 0.25) is 5.91 Å². The second kappa shape index (κ2) is 7.22. The molecule has 2 rings (SSSR count). The second-order valence-corrected chi connectivity index (χ2v) is 5.66. The van der Waals surface area contributed by atoms with E-state index in [2.05, 4.69) is 10.6 Å². The molecule has 0 aliphatic heterocycles. The molecule has 0 spiro atoms. The van der Waals surface area contributed by atoms with Crippen molar-refractivity contribution in [1.82, 2.24) is 5.32 Å². The molecule has 1 fully saturated rings. The molecule has 1 aliphatic carbocycles. The number of hydrogen-bond donors (Lipinski definition) is 3. The van der Waals surface area contributed by atoms with Crippen molar-refractivity contribution in [3.63, 3.8) is 0 Å². The summed E-state index contributed by atoms with van der Waals surface area (Å²) in [6.45, 7) is 1.63. The zero-order chi connectivity index (χ0) is 15.2. The van der Waals surface area contributed by atoms with Crippen LogP contribution in [0.3, 0.4) is 0 Å². The van der Waals surface area contributed by atoms with Gasteiger partial charge in [-0.1, -0.05) is 19.3 Å². The van der Waals surface area contributed by atoms with E-state index >= 15 is 0 Å². The minimum Gasteiger partial charge on any atom is -0.349 e. The van der Waals surface area contributed by atoms with Gasteiger partial charge in [0, 0.05) is 17.3 Å². The van der Waals surface area contributed by atoms with Gasteiger partial charge in [-0.2, -0.15) is 0 Å². The lowest BCUT2D eigenvalue weighted by atomic mass is 9.95. The van der Waals surface area contributed by atoms with Crippen LogP contribution in [0.25, 0.3) is 0 Å². The Hall–Kier alpha value is -1.88. The highest BCUT2D eigenvalue weighted by Crippen LogP contribution is 2.18. The van der Waals surface area contributed by atoms with E-state index in [1.807, 2.05) is 0 Å². The maximum atomic E-state index is 12.1. The van der Waals surface area contributed by atoms with Crippen molar-refractivity contribution in [3.05, 3.63) is 29.8 Å². The van der Waals surface area contributed by atoms with E-state index < -0.39 is 6.04 Å². The van der Waals surface area contributed by atoms with E-state index in [1.54, 1.807) is 31.2 Å². The van der Waals surface area contributed by atoms with Crippen LogP contribution in [-0.4, -0.2) is 23.9 Å². The molecule has 1 saturated carbocycles. The van der Waals surface area contributed by atoms with Gasteiger partial charge >= 0.3 is 0 Å². The van der Waals surface area contributed by atoms with Crippen LogP contribution in [0.1, 0.15) is 49.4 Å². The Bertz CT molecular complexity index is 491. The van der Waals surface area contributed by atoms with Gasteiger partial charge in [0.25, 0.3) is 5.91 Å². The first-order chi connectivity index (χ1) is 10.1. The number of nitrogens with two attached hydrogens (primary N) is 1. The van der Waals surface area contributed by atoms with E-state index in [0.29, 0.717) is 17.3 Å². The summed E-state index contributed by atoms with van der Waals surface area (Å²) in [6.07, 6.45) is 5.77. The fraction of sp³-hybridized carbons (Fsp3) is 0.500. The molecule has 0 bridgehead atoms. The molecule has 114 valence electrons. The Morgan fingerprint density at radius 3 is 2.33 bits per heavy atom. The number of hydrogen-bond acceptors (Lipinski definition) is 3. The maximum Gasteiger partial charge on any atom is 0.251 e. The van der Waals surface area contributed by atoms with Gasteiger partial charge in [-0.15, -0.1) is 0 Å². The smallest absolute Gasteiger partial charge is 0.251 e. The van der Waals surface area contributed by atoms with Crippen molar-refractivity contribution in [2.45, 2.75) is 51.1 Å². The highest BCUT2D eigenvalue weighted by molar-refractivity contribution is 5.97. The quantitative estimate of drug-likeness (QED) is 0.793. The van der Waals surface area contributed by atoms with Crippen LogP contribution in [0.2, 0.25) is 0 Å². The maximum absolute atomic E-state index is 12.1. The van der Waals surface area contributed by atoms with Gasteiger partial charge in [-0.25, -0.2) is 0 Å². The lowest BCUT2D eigenvalue weighted by Crippen LogP contribution is -2.36. The third-order valence-corrected chi connectivity index (χ3v) is 3.77. The molecule has 2 amide bonds. The predicted molar refractivity (Wildman–Crippen MR) is 83.1 cm³/mol. The predicted octanol–water partition coefficient (Wildman–Crippen LogP) is 2.03. The largest absolute Gasteiger partial charge is 0.349 e. The van der Waals surface area contributed by atoms with Crippen molar-refractivity contribution in [2.75, 3.05) is 5.32 Å². The average Bonchev–Trinajstić information content (AvgIpc) is 2.48. The Labute approximate surface area is 125 Å². The second-order valence-electron chi connectivity index (χ2n) is 5.66. The summed E-state index contributed by atoms with van der Waals surface area (Å²) in [7, 11) is 0. The van der Waals surface area contributed by atoms with E-state index in [1.165, 1.54) is 19.3 Å². The third-order valence-electron chi connectivity index (χ3n) is 3.77. The zero-order valence-electron chi connectivity index (χ0n) is 12.4. The van der Waals surface area contributed by atoms with E-state index in [4.69, 9.17) is 5.73 Å². The van der Waals surface area contributed by atoms with E-state index in [-0.39, 0.29) is 11.8 Å². The highest BCUT2D eigenvalue weighted by Gasteiger charge is 2.16. The number of carbonyl (C=O) groups is 2. The van der Waals surface area contributed by atoms with Gasteiger partial charge in [0.1, 0.15) is 0 Å². The minimum atomic E-state index is -0.556. The first-order valence-corrected chi connectivity index (χ1v) is 7.53. The number of benzene rings is 1. The van der Waals surface area contributed by atoms with Crippen LogP contribution in [0.4, 0.5) is 5.69 Å². The van der Waals surface area contributed by atoms with Crippen LogP contribution in [0.15, 0.2) is 24.3 Å². The minimum absolute atomic E-state index is 0.0491. The zero-order valence-corrected chi connectivity index (χ0v) is 12.4. The van der Waals surface area contributed by atoms with E-state index in [9.17, 15) is 9.59 Å². The molecule has 1 aromatic rings. The molecule has 1 aliphatic rings. The van der Waals surface area contributed by atoms with E-state index in [0.717, 1.165) is 12.8 Å². The monoisotopic (exact) mass is 289 g/mol. The van der Waals surface area contributed by atoms with Crippen molar-refractivity contribution in [3.8, 4) is 0 Å². The number of rotatable bonds is 4. The summed E-state index contributed by atoms with van der Waals surface area (Å²) in [6, 6.07) is 6.61. The summed E-state index contributed by atoms with van der Waals surface area (Å²) >= 11 is 0. The van der Waals surface area contributed by atoms with Gasteiger partial charge in [0.05, 0.1) is 6.04 Å². The summed E-state index contributed by atoms with van der Waals surface area (Å²) < 4.78 is 0. The fourth-order valence-electron chi connectivity index (χ4n) is 2.48. The third kappa shape index (κ3) is 4.56. The first kappa shape index (κ1) is 15.5. The molecule has 0 aromatic heterocycles. The molecule has 5 heteroatoms. The summed E-state index contributed by atoms with van der Waals surface area (Å²) in [5.74, 6) is -0.290. The van der Waals surface area contributed by atoms with Gasteiger partial charge in [-0.3, -0.25) is 9.59 Å². The summed E-state index contributed by atoms with van der Waals surface area (Å²) in [4.78, 5) is 23.6. The Balaban J connectivity index is 1.91. The SMILES string of the molecule is C[C@H](N)C(=O)Nc1ccc(C(=O)NC2CCCCC2)cc1. The fourth-order valence-corrected chi connectivity index (χ4v) is 2.48. The molecule has 0 unspecified atom stereocenters. The highest BCUT2D eigenvalue weighted by atomic mass is 16.2. The van der Waals surface area contributed by atoms with Crippen molar-refractivity contribution >= 4 is 17.5 Å². The molecule has 0 saturated heterocycles. The molecule has 4 N–H and O–H groups in total. The average molecular weight is 289 g/mol. The lowest BCUT2D eigenvalue weighted by molar-refractivity contribution is -0.117. The molecular formula is C16H23N3O2. The molecule has 1 aromatic carbocycles. The number of amides is 2. The van der Waals surface area contributed by atoms with Crippen LogP contribution >= 0.6 is 0 Å². The van der Waals surface area contributed by atoms with Gasteiger partial charge in [-0.05, 0) is 44.0 Å². The van der Waals surface area contributed by atoms with Crippen LogP contribution < -0.4 is 16.4 Å². The first-order valence-electron chi connectivity index (χ1n) is 7.53. The standard InChI is InChI=1S/C16H23N3O2/c1-11(17)15(20)18-14-9-7-12(8-10-14)16(21)19-13-5-3-2-4-6-13/h7-11,13H,2-6,17H2,1H3,(H,18,20)(H,19,21)/t11-/m0/s1. The van der Waals surface area contributed by atoms with Crippen molar-refractivity contribution in [2.24, 2.45) is 5.73 Å². The molecule has 1 atom stereocenters. The topological polar surface area (TPSA) is 84.2 Å². The summed E-state index contributed by atoms with van der Waals surface area (Å²) in [5, 5.41) is 5.76. The van der Waals surface area contributed by atoms with Gasteiger partial charge in [0.15, 0.2) is 0 Å². The van der Waals surface area contributed by atoms with Crippen molar-refractivity contribution < 1.29 is 9.59 Å².